The summed E-state index contributed by atoms with van der Waals surface area (Å²) in [7, 11) is 0. The van der Waals surface area contributed by atoms with Crippen LogP contribution in [0.5, 0.6) is 11.5 Å². The summed E-state index contributed by atoms with van der Waals surface area (Å²) in [6.45, 7) is 2.28. The zero-order valence-electron chi connectivity index (χ0n) is 13.6. The van der Waals surface area contributed by atoms with Crippen molar-refractivity contribution in [3.63, 3.8) is 0 Å². The van der Waals surface area contributed by atoms with Crippen molar-refractivity contribution in [2.45, 2.75) is 25.4 Å². The van der Waals surface area contributed by atoms with E-state index in [1.165, 1.54) is 0 Å². The molecule has 2 atom stereocenters. The molecule has 2 aliphatic rings. The quantitative estimate of drug-likeness (QED) is 0.930. The normalized spacial score (nSPS) is 21.2. The van der Waals surface area contributed by atoms with Crippen LogP contribution in [0.2, 0.25) is 0 Å². The third-order valence-electron chi connectivity index (χ3n) is 4.82. The average molecular weight is 339 g/mol. The summed E-state index contributed by atoms with van der Waals surface area (Å²) in [5.74, 6) is -0.510. The van der Waals surface area contributed by atoms with Gasteiger partial charge in [0.25, 0.3) is 5.91 Å². The molecule has 25 heavy (non-hydrogen) atoms. The van der Waals surface area contributed by atoms with Gasteiger partial charge in [0.05, 0.1) is 0 Å². The van der Waals surface area contributed by atoms with Crippen LogP contribution in [0.15, 0.2) is 42.5 Å². The van der Waals surface area contributed by atoms with Gasteiger partial charge in [-0.3, -0.25) is 9.59 Å². The van der Waals surface area contributed by atoms with Crippen LogP contribution in [0.25, 0.3) is 0 Å². The highest BCUT2D eigenvalue weighted by molar-refractivity contribution is 6.00. The van der Waals surface area contributed by atoms with E-state index in [9.17, 15) is 14.7 Å². The third kappa shape index (κ3) is 2.50. The maximum atomic E-state index is 12.9. The zero-order valence-corrected chi connectivity index (χ0v) is 13.6. The van der Waals surface area contributed by atoms with Crippen molar-refractivity contribution in [1.29, 1.82) is 0 Å². The predicted octanol–water partition coefficient (Wildman–Crippen LogP) is 2.63. The lowest BCUT2D eigenvalue weighted by Gasteiger charge is -2.38. The van der Waals surface area contributed by atoms with Crippen LogP contribution in [-0.4, -0.2) is 34.7 Å². The first kappa shape index (κ1) is 15.5. The lowest BCUT2D eigenvalue weighted by molar-refractivity contribution is -0.140. The van der Waals surface area contributed by atoms with Gasteiger partial charge in [0, 0.05) is 18.2 Å². The fourth-order valence-electron chi connectivity index (χ4n) is 3.53. The first-order valence-electron chi connectivity index (χ1n) is 8.07. The number of carboxylic acids is 1. The van der Waals surface area contributed by atoms with Crippen LogP contribution in [-0.2, 0) is 11.3 Å². The minimum Gasteiger partial charge on any atom is -0.481 e. The molecule has 2 heterocycles. The largest absolute Gasteiger partial charge is 0.481 e. The Morgan fingerprint density at radius 2 is 1.96 bits per heavy atom. The topological polar surface area (TPSA) is 76.1 Å². The second kappa shape index (κ2) is 5.81. The van der Waals surface area contributed by atoms with Gasteiger partial charge in [0.15, 0.2) is 11.5 Å². The smallest absolute Gasteiger partial charge is 0.313 e. The Balaban J connectivity index is 1.70. The molecule has 2 aromatic rings. The zero-order chi connectivity index (χ0) is 17.6. The van der Waals surface area contributed by atoms with Gasteiger partial charge in [0.2, 0.25) is 6.79 Å². The number of carboxylic acid groups (broad SMARTS) is 1. The number of carbonyl (C=O) groups is 2. The fourth-order valence-corrected chi connectivity index (χ4v) is 3.53. The molecule has 6 heteroatoms. The van der Waals surface area contributed by atoms with E-state index in [0.717, 1.165) is 5.56 Å². The maximum Gasteiger partial charge on any atom is 0.313 e. The van der Waals surface area contributed by atoms with Crippen LogP contribution in [0.4, 0.5) is 0 Å². The molecule has 1 amide bonds. The summed E-state index contributed by atoms with van der Waals surface area (Å²) < 4.78 is 10.7. The molecule has 2 aliphatic heterocycles. The molecule has 6 nitrogen and oxygen atoms in total. The summed E-state index contributed by atoms with van der Waals surface area (Å²) in [6.07, 6.45) is 0. The van der Waals surface area contributed by atoms with Gasteiger partial charge >= 0.3 is 5.97 Å². The summed E-state index contributed by atoms with van der Waals surface area (Å²) >= 11 is 0. The third-order valence-corrected chi connectivity index (χ3v) is 4.82. The Morgan fingerprint density at radius 1 is 1.20 bits per heavy atom. The van der Waals surface area contributed by atoms with Crippen molar-refractivity contribution < 1.29 is 24.2 Å². The van der Waals surface area contributed by atoms with Crippen LogP contribution in [0.3, 0.4) is 0 Å². The number of hydrogen-bond acceptors (Lipinski definition) is 4. The molecule has 0 spiro atoms. The highest BCUT2D eigenvalue weighted by Gasteiger charge is 2.40. The van der Waals surface area contributed by atoms with Crippen molar-refractivity contribution >= 4 is 11.9 Å². The Morgan fingerprint density at radius 3 is 2.76 bits per heavy atom. The van der Waals surface area contributed by atoms with Crippen LogP contribution < -0.4 is 9.47 Å². The van der Waals surface area contributed by atoms with E-state index < -0.39 is 17.9 Å². The molecule has 2 unspecified atom stereocenters. The first-order chi connectivity index (χ1) is 12.1. The van der Waals surface area contributed by atoms with Gasteiger partial charge in [-0.25, -0.2) is 0 Å². The Bertz CT molecular complexity index is 863. The lowest BCUT2D eigenvalue weighted by Crippen LogP contribution is -2.48. The van der Waals surface area contributed by atoms with Crippen molar-refractivity contribution in [1.82, 2.24) is 4.90 Å². The second-order valence-corrected chi connectivity index (χ2v) is 6.26. The molecule has 0 aliphatic carbocycles. The maximum absolute atomic E-state index is 12.9. The number of rotatable bonds is 3. The molecule has 128 valence electrons. The standard InChI is InChI=1S/C19H17NO5/c1-11-17(19(22)23)13-4-2-3-5-14(13)18(21)20(11)9-12-6-7-15-16(8-12)25-10-24-15/h2-8,11,17H,9-10H2,1H3,(H,22,23). The van der Waals surface area contributed by atoms with Gasteiger partial charge in [-0.2, -0.15) is 0 Å². The predicted molar refractivity (Wildman–Crippen MR) is 88.7 cm³/mol. The number of nitrogens with zero attached hydrogens (tertiary/aromatic N) is 1. The number of fused-ring (bicyclic) bond motifs is 2. The molecule has 0 saturated heterocycles. The van der Waals surface area contributed by atoms with Crippen molar-refractivity contribution in [3.8, 4) is 11.5 Å². The van der Waals surface area contributed by atoms with Crippen LogP contribution in [0, 0.1) is 0 Å². The van der Waals surface area contributed by atoms with E-state index >= 15 is 0 Å². The Kier molecular flexibility index (Phi) is 3.60. The monoisotopic (exact) mass is 339 g/mol. The van der Waals surface area contributed by atoms with Gasteiger partial charge in [0.1, 0.15) is 5.92 Å². The molecule has 0 aromatic heterocycles. The Labute approximate surface area is 144 Å². The number of ether oxygens (including phenoxy) is 2. The van der Waals surface area contributed by atoms with E-state index in [0.29, 0.717) is 29.2 Å². The van der Waals surface area contributed by atoms with Crippen molar-refractivity contribution in [3.05, 3.63) is 59.2 Å². The number of hydrogen-bond donors (Lipinski definition) is 1. The van der Waals surface area contributed by atoms with E-state index in [1.54, 1.807) is 42.2 Å². The highest BCUT2D eigenvalue weighted by atomic mass is 16.7. The fraction of sp³-hybridized carbons (Fsp3) is 0.263. The van der Waals surface area contributed by atoms with Crippen LogP contribution >= 0.6 is 0 Å². The average Bonchev–Trinajstić information content (AvgIpc) is 3.06. The van der Waals surface area contributed by atoms with Crippen LogP contribution in [0.1, 0.15) is 34.3 Å². The van der Waals surface area contributed by atoms with Gasteiger partial charge < -0.3 is 19.5 Å². The number of amides is 1. The summed E-state index contributed by atoms with van der Waals surface area (Å²) in [4.78, 5) is 26.3. The Hall–Kier alpha value is -3.02. The molecular weight excluding hydrogens is 322 g/mol. The molecule has 1 N–H and O–H groups in total. The second-order valence-electron chi connectivity index (χ2n) is 6.26. The van der Waals surface area contributed by atoms with Gasteiger partial charge in [-0.15, -0.1) is 0 Å². The molecule has 0 saturated carbocycles. The van der Waals surface area contributed by atoms with E-state index in [2.05, 4.69) is 0 Å². The lowest BCUT2D eigenvalue weighted by atomic mass is 9.83. The van der Waals surface area contributed by atoms with E-state index in [4.69, 9.17) is 9.47 Å². The van der Waals surface area contributed by atoms with Crippen molar-refractivity contribution in [2.24, 2.45) is 0 Å². The molecule has 4 rings (SSSR count). The molecule has 0 radical (unpaired) electrons. The van der Waals surface area contributed by atoms with Gasteiger partial charge in [-0.05, 0) is 36.2 Å². The molecule has 0 fully saturated rings. The van der Waals surface area contributed by atoms with Gasteiger partial charge in [-0.1, -0.05) is 24.3 Å². The summed E-state index contributed by atoms with van der Waals surface area (Å²) in [5.41, 5.74) is 1.90. The summed E-state index contributed by atoms with van der Waals surface area (Å²) in [5, 5.41) is 9.68. The van der Waals surface area contributed by atoms with Crippen molar-refractivity contribution in [2.75, 3.05) is 6.79 Å². The van der Waals surface area contributed by atoms with E-state index in [1.807, 2.05) is 12.1 Å². The summed E-state index contributed by atoms with van der Waals surface area (Å²) in [6, 6.07) is 12.0. The number of carbonyl (C=O) groups excluding carboxylic acids is 1. The minimum atomic E-state index is -0.928. The SMILES string of the molecule is CC1C(C(=O)O)c2ccccc2C(=O)N1Cc1ccc2c(c1)OCO2. The number of benzene rings is 2. The highest BCUT2D eigenvalue weighted by Crippen LogP contribution is 2.36. The molecule has 0 bridgehead atoms. The number of aliphatic carboxylic acids is 1. The van der Waals surface area contributed by atoms with E-state index in [-0.39, 0.29) is 12.7 Å². The molecule has 2 aromatic carbocycles. The molecular formula is C19H17NO5. The minimum absolute atomic E-state index is 0.154. The first-order valence-corrected chi connectivity index (χ1v) is 8.07.